The first-order chi connectivity index (χ1) is 32.3. The molecule has 6 aromatic rings. The summed E-state index contributed by atoms with van der Waals surface area (Å²) in [7, 11) is 0. The van der Waals surface area contributed by atoms with Crippen molar-refractivity contribution in [1.29, 1.82) is 0 Å². The minimum atomic E-state index is -1.27. The molecule has 6 aromatic carbocycles. The molecule has 0 fully saturated rings. The van der Waals surface area contributed by atoms with Gasteiger partial charge in [0.1, 0.15) is 50.3 Å². The number of hydrogen-bond donors (Lipinski definition) is 4. The van der Waals surface area contributed by atoms with Crippen molar-refractivity contribution in [3.63, 3.8) is 0 Å². The van der Waals surface area contributed by atoms with Gasteiger partial charge in [0.25, 0.3) is 0 Å². The molecule has 1 aliphatic rings. The number of nitrogens with one attached hydrogen (secondary N) is 4. The molecule has 338 valence electrons. The van der Waals surface area contributed by atoms with E-state index in [-0.39, 0.29) is 58.7 Å². The first kappa shape index (κ1) is 46.1. The van der Waals surface area contributed by atoms with Gasteiger partial charge in [0, 0.05) is 19.4 Å². The molecule has 0 saturated heterocycles. The van der Waals surface area contributed by atoms with Crippen LogP contribution in [0, 0.1) is 0 Å². The fourth-order valence-electron chi connectivity index (χ4n) is 7.35. The maximum absolute atomic E-state index is 14.6. The van der Waals surface area contributed by atoms with E-state index >= 15 is 0 Å². The quantitative estimate of drug-likeness (QED) is 0.0458. The largest absolute Gasteiger partial charge is 0.489 e. The smallest absolute Gasteiger partial charge is 0.408 e. The van der Waals surface area contributed by atoms with Crippen LogP contribution in [-0.2, 0) is 67.9 Å². The van der Waals surface area contributed by atoms with Gasteiger partial charge in [0.2, 0.25) is 11.8 Å². The van der Waals surface area contributed by atoms with E-state index in [2.05, 4.69) is 21.3 Å². The molecule has 0 unspecified atom stereocenters. The summed E-state index contributed by atoms with van der Waals surface area (Å²) in [6, 6.07) is 46.8. The van der Waals surface area contributed by atoms with Crippen molar-refractivity contribution in [2.45, 2.75) is 70.2 Å². The Bertz CT molecular complexity index is 2540. The summed E-state index contributed by atoms with van der Waals surface area (Å²) < 4.78 is 23.0. The van der Waals surface area contributed by atoms with Crippen molar-refractivity contribution in [1.82, 2.24) is 21.3 Å². The van der Waals surface area contributed by atoms with E-state index in [4.69, 9.17) is 18.9 Å². The summed E-state index contributed by atoms with van der Waals surface area (Å²) in [5.74, 6) is -1.54. The minimum absolute atomic E-state index is 0.0204. The lowest BCUT2D eigenvalue weighted by Crippen LogP contribution is -2.56. The van der Waals surface area contributed by atoms with Crippen molar-refractivity contribution >= 4 is 30.0 Å². The highest BCUT2D eigenvalue weighted by Gasteiger charge is 2.32. The van der Waals surface area contributed by atoms with Crippen LogP contribution in [0.4, 0.5) is 9.59 Å². The predicted molar refractivity (Wildman–Crippen MR) is 248 cm³/mol. The molecule has 0 aromatic heterocycles. The number of carbonyl (C=O) groups is 5. The van der Waals surface area contributed by atoms with Crippen LogP contribution in [0.5, 0.6) is 5.75 Å². The lowest BCUT2D eigenvalue weighted by molar-refractivity contribution is -0.149. The summed E-state index contributed by atoms with van der Waals surface area (Å²) in [6.45, 7) is 0.344. The van der Waals surface area contributed by atoms with Crippen LogP contribution in [0.15, 0.2) is 164 Å². The Morgan fingerprint density at radius 2 is 1.11 bits per heavy atom. The number of benzene rings is 6. The van der Waals surface area contributed by atoms with E-state index in [1.807, 2.05) is 164 Å². The van der Waals surface area contributed by atoms with Crippen molar-refractivity contribution in [3.05, 3.63) is 197 Å². The Kier molecular flexibility index (Phi) is 16.5. The van der Waals surface area contributed by atoms with Gasteiger partial charge in [-0.15, -0.1) is 0 Å². The van der Waals surface area contributed by atoms with Crippen LogP contribution in [0.3, 0.4) is 0 Å². The third-order valence-electron chi connectivity index (χ3n) is 10.9. The molecule has 13 heteroatoms. The van der Waals surface area contributed by atoms with Gasteiger partial charge >= 0.3 is 18.2 Å². The Morgan fingerprint density at radius 3 is 1.73 bits per heavy atom. The summed E-state index contributed by atoms with van der Waals surface area (Å²) >= 11 is 0. The maximum atomic E-state index is 14.6. The summed E-state index contributed by atoms with van der Waals surface area (Å²) in [4.78, 5) is 69.0. The number of carbonyl (C=O) groups excluding carboxylic acids is 5. The lowest BCUT2D eigenvalue weighted by atomic mass is 9.96. The Hall–Kier alpha value is -7.93. The molecule has 4 amide bonds. The molecule has 4 bridgehead atoms. The second-order valence-electron chi connectivity index (χ2n) is 15.8. The zero-order valence-corrected chi connectivity index (χ0v) is 36.4. The highest BCUT2D eigenvalue weighted by atomic mass is 16.6. The zero-order chi connectivity index (χ0) is 45.9. The zero-order valence-electron chi connectivity index (χ0n) is 36.4. The maximum Gasteiger partial charge on any atom is 0.408 e. The first-order valence-corrected chi connectivity index (χ1v) is 21.9. The molecule has 1 heterocycles. The van der Waals surface area contributed by atoms with E-state index < -0.39 is 48.1 Å². The van der Waals surface area contributed by atoms with E-state index in [9.17, 15) is 24.0 Å². The van der Waals surface area contributed by atoms with Gasteiger partial charge in [-0.05, 0) is 69.5 Å². The number of hydrogen-bond acceptors (Lipinski definition) is 9. The van der Waals surface area contributed by atoms with E-state index in [0.29, 0.717) is 11.3 Å². The average molecular weight is 889 g/mol. The third-order valence-corrected chi connectivity index (χ3v) is 10.9. The first-order valence-electron chi connectivity index (χ1n) is 21.9. The number of rotatable bonds is 15. The van der Waals surface area contributed by atoms with Crippen LogP contribution in [0.1, 0.15) is 46.2 Å². The molecule has 66 heavy (non-hydrogen) atoms. The summed E-state index contributed by atoms with van der Waals surface area (Å²) in [6.07, 6.45) is -1.23. The van der Waals surface area contributed by atoms with Gasteiger partial charge in [0.15, 0.2) is 0 Å². The van der Waals surface area contributed by atoms with E-state index in [0.717, 1.165) is 38.9 Å². The van der Waals surface area contributed by atoms with Crippen LogP contribution in [-0.4, -0.2) is 54.6 Å². The van der Waals surface area contributed by atoms with Gasteiger partial charge < -0.3 is 40.2 Å². The molecule has 0 spiro atoms. The second-order valence-corrected chi connectivity index (χ2v) is 15.8. The van der Waals surface area contributed by atoms with Crippen LogP contribution in [0.25, 0.3) is 11.1 Å². The van der Waals surface area contributed by atoms with Crippen molar-refractivity contribution in [3.8, 4) is 16.9 Å². The van der Waals surface area contributed by atoms with Gasteiger partial charge in [-0.3, -0.25) is 9.59 Å². The Morgan fingerprint density at radius 1 is 0.545 bits per heavy atom. The fourth-order valence-corrected chi connectivity index (χ4v) is 7.35. The van der Waals surface area contributed by atoms with Crippen LogP contribution < -0.4 is 26.0 Å². The molecule has 4 N–H and O–H groups in total. The average Bonchev–Trinajstić information content (AvgIpc) is 3.35. The molecular formula is C53H52N4O9. The molecule has 0 aliphatic carbocycles. The number of alkyl carbamates (subject to hydrolysis) is 2. The SMILES string of the molecule is O=C(NCCC[C@@H]1NC(=O)[C@@H](NC(=O)OCc2ccccc2)Cc2cc(ccc2OCc2ccccc2)-c2cccc(c2)C[C@@H](C(=O)OCc2ccccc2)NC1=O)OCc1ccccc1. The Labute approximate surface area is 383 Å². The molecule has 0 saturated carbocycles. The molecule has 7 rings (SSSR count). The van der Waals surface area contributed by atoms with Crippen molar-refractivity contribution in [2.75, 3.05) is 6.54 Å². The van der Waals surface area contributed by atoms with E-state index in [1.165, 1.54) is 0 Å². The highest BCUT2D eigenvalue weighted by molar-refractivity contribution is 5.93. The van der Waals surface area contributed by atoms with E-state index in [1.54, 1.807) is 0 Å². The molecular weight excluding hydrogens is 837 g/mol. The number of esters is 1. The molecule has 13 nitrogen and oxygen atoms in total. The predicted octanol–water partition coefficient (Wildman–Crippen LogP) is 7.75. The monoisotopic (exact) mass is 888 g/mol. The lowest BCUT2D eigenvalue weighted by Gasteiger charge is -2.25. The summed E-state index contributed by atoms with van der Waals surface area (Å²) in [5, 5.41) is 11.2. The standard InChI is InChI=1S/C53H52N4O9/c58-49-45(25-14-28-54-52(61)65-35-39-19-9-3-10-20-39)55-50(59)46(57-53(62)66-36-40-21-11-4-12-22-40)32-44-31-43(26-27-48(44)63-33-37-15-5-1-6-16-37)42-24-13-23-41(29-42)30-47(56-49)51(60)64-34-38-17-7-2-8-18-38/h1-13,15-24,26-27,29,31,45-47H,14,25,28,30,32-36H2,(H,54,61)(H,55,59)(H,56,58)(H,57,62)/t45-,46-,47-/m0/s1. The molecule has 3 atom stereocenters. The topological polar surface area (TPSA) is 170 Å². The molecule has 0 radical (unpaired) electrons. The van der Waals surface area contributed by atoms with Gasteiger partial charge in [-0.1, -0.05) is 152 Å². The Balaban J connectivity index is 1.18. The number of fused-ring (bicyclic) bond motifs is 5. The minimum Gasteiger partial charge on any atom is -0.489 e. The fraction of sp³-hybridized carbons (Fsp3) is 0.226. The van der Waals surface area contributed by atoms with Gasteiger partial charge in [-0.25, -0.2) is 14.4 Å². The van der Waals surface area contributed by atoms with Gasteiger partial charge in [0.05, 0.1) is 0 Å². The van der Waals surface area contributed by atoms with Crippen molar-refractivity contribution in [2.24, 2.45) is 0 Å². The van der Waals surface area contributed by atoms with Crippen molar-refractivity contribution < 1.29 is 42.9 Å². The third kappa shape index (κ3) is 14.0. The normalized spacial score (nSPS) is 15.9. The second kappa shape index (κ2) is 23.7. The number of amides is 4. The summed E-state index contributed by atoms with van der Waals surface area (Å²) in [5.41, 5.74) is 6.22. The van der Waals surface area contributed by atoms with Crippen LogP contribution in [0.2, 0.25) is 0 Å². The highest BCUT2D eigenvalue weighted by Crippen LogP contribution is 2.30. The molecule has 1 aliphatic heterocycles. The van der Waals surface area contributed by atoms with Gasteiger partial charge in [-0.2, -0.15) is 0 Å². The number of ether oxygens (including phenoxy) is 4. The van der Waals surface area contributed by atoms with Crippen LogP contribution >= 0.6 is 0 Å².